The van der Waals surface area contributed by atoms with E-state index in [1.807, 2.05) is 18.2 Å². The maximum atomic E-state index is 14.6. The van der Waals surface area contributed by atoms with Crippen molar-refractivity contribution in [2.75, 3.05) is 25.9 Å². The molecule has 4 amide bonds. The van der Waals surface area contributed by atoms with Crippen LogP contribution in [-0.2, 0) is 18.6 Å². The van der Waals surface area contributed by atoms with Gasteiger partial charge in [0.25, 0.3) is 5.91 Å². The smallest absolute Gasteiger partial charge is 0.325 e. The second kappa shape index (κ2) is 13.0. The maximum Gasteiger partial charge on any atom is 0.325 e. The molecule has 1 saturated heterocycles. The molecule has 3 atom stereocenters. The number of urea groups is 1. The number of carbonyl (C=O) groups excluding carboxylic acids is 3. The van der Waals surface area contributed by atoms with Crippen molar-refractivity contribution in [1.82, 2.24) is 10.2 Å². The molecule has 40 heavy (non-hydrogen) atoms. The topological polar surface area (TPSA) is 106 Å². The van der Waals surface area contributed by atoms with Crippen LogP contribution in [0.5, 0.6) is 5.75 Å². The number of nitrogens with one attached hydrogen (secondary N) is 2. The summed E-state index contributed by atoms with van der Waals surface area (Å²) in [6, 6.07) is 17.2. The van der Waals surface area contributed by atoms with Gasteiger partial charge in [-0.25, -0.2) is 14.1 Å². The molecule has 1 fully saturated rings. The second-order valence-electron chi connectivity index (χ2n) is 9.25. The SMILES string of the molecule is COP(COc1ccc([C@H]2NC(=O)N(C(C(=O)Nc3ccc(C)cc3F)C(C)c3ccccc3)C2=O)cc1)OC. The largest absolute Gasteiger partial charge is 0.484 e. The molecule has 0 aromatic heterocycles. The van der Waals surface area contributed by atoms with Gasteiger partial charge in [-0.1, -0.05) is 55.5 Å². The summed E-state index contributed by atoms with van der Waals surface area (Å²) in [6.45, 7) is 3.48. The summed E-state index contributed by atoms with van der Waals surface area (Å²) < 4.78 is 30.6. The van der Waals surface area contributed by atoms with Crippen molar-refractivity contribution in [2.24, 2.45) is 0 Å². The fourth-order valence-corrected chi connectivity index (χ4v) is 5.10. The van der Waals surface area contributed by atoms with Crippen molar-refractivity contribution in [3.05, 3.63) is 95.3 Å². The summed E-state index contributed by atoms with van der Waals surface area (Å²) in [5.74, 6) is -1.93. The molecule has 1 aliphatic heterocycles. The van der Waals surface area contributed by atoms with E-state index in [0.29, 0.717) is 16.9 Å². The van der Waals surface area contributed by atoms with Gasteiger partial charge in [0.2, 0.25) is 14.3 Å². The van der Waals surface area contributed by atoms with E-state index >= 15 is 0 Å². The van der Waals surface area contributed by atoms with Crippen LogP contribution < -0.4 is 15.4 Å². The molecule has 1 aliphatic rings. The molecule has 0 bridgehead atoms. The number of rotatable bonds is 11. The summed E-state index contributed by atoms with van der Waals surface area (Å²) in [7, 11) is 1.89. The Labute approximate surface area is 233 Å². The third kappa shape index (κ3) is 6.47. The molecule has 2 N–H and O–H groups in total. The molecule has 11 heteroatoms. The van der Waals surface area contributed by atoms with Crippen molar-refractivity contribution in [2.45, 2.75) is 31.8 Å². The molecule has 3 aromatic rings. The van der Waals surface area contributed by atoms with Crippen molar-refractivity contribution < 1.29 is 32.6 Å². The summed E-state index contributed by atoms with van der Waals surface area (Å²) in [6.07, 6.45) is 0.226. The predicted molar refractivity (Wildman–Crippen MR) is 149 cm³/mol. The predicted octanol–water partition coefficient (Wildman–Crippen LogP) is 5.48. The number of hydrogen-bond donors (Lipinski definition) is 2. The fraction of sp³-hybridized carbons (Fsp3) is 0.276. The van der Waals surface area contributed by atoms with Gasteiger partial charge in [-0.15, -0.1) is 0 Å². The highest BCUT2D eigenvalue weighted by Gasteiger charge is 2.47. The second-order valence-corrected chi connectivity index (χ2v) is 10.9. The summed E-state index contributed by atoms with van der Waals surface area (Å²) in [5, 5.41) is 5.27. The fourth-order valence-electron chi connectivity index (χ4n) is 4.48. The lowest BCUT2D eigenvalue weighted by Gasteiger charge is -2.30. The molecule has 210 valence electrons. The Morgan fingerprint density at radius 1 is 1.05 bits per heavy atom. The van der Waals surface area contributed by atoms with Crippen LogP contribution in [-0.4, -0.2) is 49.4 Å². The number of ether oxygens (including phenoxy) is 1. The minimum absolute atomic E-state index is 0.0364. The number of imide groups is 1. The first-order chi connectivity index (χ1) is 19.2. The number of hydrogen-bond acceptors (Lipinski definition) is 6. The van der Waals surface area contributed by atoms with Gasteiger partial charge in [0, 0.05) is 20.1 Å². The number of benzene rings is 3. The molecule has 0 radical (unpaired) electrons. The monoisotopic (exact) mass is 567 g/mol. The highest BCUT2D eigenvalue weighted by atomic mass is 31.2. The van der Waals surface area contributed by atoms with Crippen molar-refractivity contribution in [3.63, 3.8) is 0 Å². The number of aryl methyl sites for hydroxylation is 1. The van der Waals surface area contributed by atoms with E-state index in [0.717, 1.165) is 10.5 Å². The highest BCUT2D eigenvalue weighted by Crippen LogP contribution is 2.36. The molecule has 0 spiro atoms. The van der Waals surface area contributed by atoms with Gasteiger partial charge in [-0.05, 0) is 47.9 Å². The van der Waals surface area contributed by atoms with Gasteiger partial charge in [0.05, 0.1) is 5.69 Å². The zero-order valence-corrected chi connectivity index (χ0v) is 23.5. The Kier molecular flexibility index (Phi) is 9.47. The Morgan fingerprint density at radius 3 is 2.35 bits per heavy atom. The molecule has 1 heterocycles. The Balaban J connectivity index is 1.59. The van der Waals surface area contributed by atoms with Gasteiger partial charge in [0.15, 0.2) is 6.35 Å². The summed E-state index contributed by atoms with van der Waals surface area (Å²) in [5.41, 5.74) is 1.91. The molecule has 3 aromatic carbocycles. The normalized spacial score (nSPS) is 16.6. The summed E-state index contributed by atoms with van der Waals surface area (Å²) >= 11 is 0. The Bertz CT molecular complexity index is 1350. The number of amides is 4. The van der Waals surface area contributed by atoms with Gasteiger partial charge >= 0.3 is 6.03 Å². The van der Waals surface area contributed by atoms with E-state index in [1.165, 1.54) is 26.4 Å². The zero-order valence-electron chi connectivity index (χ0n) is 22.6. The molecular formula is C29H31FN3O6P. The van der Waals surface area contributed by atoms with Crippen LogP contribution in [0.25, 0.3) is 0 Å². The summed E-state index contributed by atoms with van der Waals surface area (Å²) in [4.78, 5) is 41.4. The van der Waals surface area contributed by atoms with Crippen LogP contribution in [0.3, 0.4) is 0 Å². The number of carbonyl (C=O) groups is 3. The lowest BCUT2D eigenvalue weighted by Crippen LogP contribution is -2.50. The van der Waals surface area contributed by atoms with Crippen LogP contribution in [0.15, 0.2) is 72.8 Å². The van der Waals surface area contributed by atoms with E-state index in [1.54, 1.807) is 56.3 Å². The zero-order chi connectivity index (χ0) is 28.8. The first kappa shape index (κ1) is 29.1. The van der Waals surface area contributed by atoms with Crippen LogP contribution in [0, 0.1) is 12.7 Å². The third-order valence-electron chi connectivity index (χ3n) is 6.66. The van der Waals surface area contributed by atoms with E-state index in [-0.39, 0.29) is 12.0 Å². The van der Waals surface area contributed by atoms with E-state index in [2.05, 4.69) is 10.6 Å². The van der Waals surface area contributed by atoms with Crippen molar-refractivity contribution in [1.29, 1.82) is 0 Å². The first-order valence-electron chi connectivity index (χ1n) is 12.6. The number of anilines is 1. The third-order valence-corrected chi connectivity index (χ3v) is 7.81. The van der Waals surface area contributed by atoms with Crippen LogP contribution in [0.1, 0.15) is 35.6 Å². The lowest BCUT2D eigenvalue weighted by molar-refractivity contribution is -0.134. The van der Waals surface area contributed by atoms with Crippen molar-refractivity contribution >= 4 is 31.9 Å². The van der Waals surface area contributed by atoms with Crippen LogP contribution >= 0.6 is 8.38 Å². The van der Waals surface area contributed by atoms with E-state index in [9.17, 15) is 18.8 Å². The molecule has 9 nitrogen and oxygen atoms in total. The quantitative estimate of drug-likeness (QED) is 0.235. The molecule has 4 rings (SSSR count). The first-order valence-corrected chi connectivity index (χ1v) is 13.9. The van der Waals surface area contributed by atoms with Gasteiger partial charge < -0.3 is 24.4 Å². The van der Waals surface area contributed by atoms with Gasteiger partial charge in [-0.2, -0.15) is 0 Å². The standard InChI is InChI=1S/C29H31FN3O6P/c1-18-10-15-24(23(30)16-18)31-27(34)26(19(2)20-8-6-5-7-9-20)33-28(35)25(32-29(33)36)21-11-13-22(14-12-21)39-17-40(37-3)38-4/h5-16,19,25-26H,17H2,1-4H3,(H,31,34)(H,32,36)/t19?,25-,26?/m1/s1. The van der Waals surface area contributed by atoms with Gasteiger partial charge in [0.1, 0.15) is 23.7 Å². The van der Waals surface area contributed by atoms with Crippen molar-refractivity contribution in [3.8, 4) is 5.75 Å². The minimum atomic E-state index is -1.24. The highest BCUT2D eigenvalue weighted by molar-refractivity contribution is 7.46. The van der Waals surface area contributed by atoms with E-state index in [4.69, 9.17) is 13.8 Å². The molecular weight excluding hydrogens is 536 g/mol. The Hall–Kier alpha value is -3.85. The van der Waals surface area contributed by atoms with Crippen LogP contribution in [0.4, 0.5) is 14.9 Å². The molecule has 0 aliphatic carbocycles. The number of halogens is 1. The van der Waals surface area contributed by atoms with Gasteiger partial charge in [-0.3, -0.25) is 9.59 Å². The molecule has 2 unspecified atom stereocenters. The maximum absolute atomic E-state index is 14.6. The number of nitrogens with zero attached hydrogens (tertiary/aromatic N) is 1. The Morgan fingerprint density at radius 2 is 1.73 bits per heavy atom. The average Bonchev–Trinajstić information content (AvgIpc) is 3.25. The lowest BCUT2D eigenvalue weighted by atomic mass is 9.91. The van der Waals surface area contributed by atoms with E-state index < -0.39 is 50.0 Å². The van der Waals surface area contributed by atoms with Crippen LogP contribution in [0.2, 0.25) is 0 Å². The molecule has 0 saturated carbocycles. The minimum Gasteiger partial charge on any atom is -0.484 e. The average molecular weight is 568 g/mol.